The number of aromatic nitrogens is 2. The van der Waals surface area contributed by atoms with E-state index in [9.17, 15) is 4.79 Å². The maximum atomic E-state index is 12.0. The monoisotopic (exact) mass is 401 g/mol. The molecule has 1 aromatic heterocycles. The van der Waals surface area contributed by atoms with Crippen molar-refractivity contribution in [1.29, 1.82) is 0 Å². The molecule has 0 aliphatic carbocycles. The van der Waals surface area contributed by atoms with Gasteiger partial charge in [-0.1, -0.05) is 28.9 Å². The molecule has 0 saturated heterocycles. The van der Waals surface area contributed by atoms with Crippen molar-refractivity contribution in [2.45, 2.75) is 19.4 Å². The molecule has 0 radical (unpaired) electrons. The largest absolute Gasteiger partial charge is 0.493 e. The van der Waals surface area contributed by atoms with Crippen molar-refractivity contribution in [1.82, 2.24) is 15.5 Å². The van der Waals surface area contributed by atoms with Crippen LogP contribution in [-0.4, -0.2) is 30.3 Å². The van der Waals surface area contributed by atoms with Crippen LogP contribution < -0.4 is 14.8 Å². The zero-order valence-corrected chi connectivity index (χ0v) is 16.3. The number of nitrogens with zero attached hydrogens (tertiary/aromatic N) is 2. The van der Waals surface area contributed by atoms with Crippen LogP contribution in [0.5, 0.6) is 11.5 Å². The van der Waals surface area contributed by atoms with Gasteiger partial charge in [-0.15, -0.1) is 0 Å². The number of carbonyl (C=O) groups excluding carboxylic acids is 1. The second-order valence-corrected chi connectivity index (χ2v) is 6.42. The molecule has 1 amide bonds. The molecule has 28 heavy (non-hydrogen) atoms. The number of ether oxygens (including phenoxy) is 2. The first-order valence-corrected chi connectivity index (χ1v) is 9.03. The molecule has 0 spiro atoms. The third kappa shape index (κ3) is 5.01. The van der Waals surface area contributed by atoms with Gasteiger partial charge in [-0.3, -0.25) is 4.79 Å². The molecule has 0 saturated carbocycles. The van der Waals surface area contributed by atoms with Gasteiger partial charge in [0.25, 0.3) is 0 Å². The number of rotatable bonds is 8. The van der Waals surface area contributed by atoms with E-state index in [1.165, 1.54) is 0 Å². The summed E-state index contributed by atoms with van der Waals surface area (Å²) < 4.78 is 15.7. The molecule has 1 N–H and O–H groups in total. The minimum absolute atomic E-state index is 0.0965. The predicted octanol–water partition coefficient (Wildman–Crippen LogP) is 3.66. The van der Waals surface area contributed by atoms with E-state index >= 15 is 0 Å². The lowest BCUT2D eigenvalue weighted by Crippen LogP contribution is -2.23. The van der Waals surface area contributed by atoms with Crippen molar-refractivity contribution in [2.24, 2.45) is 0 Å². The molecule has 1 heterocycles. The van der Waals surface area contributed by atoms with E-state index in [1.807, 2.05) is 18.2 Å². The topological polar surface area (TPSA) is 86.5 Å². The first-order chi connectivity index (χ1) is 13.6. The van der Waals surface area contributed by atoms with Crippen LogP contribution in [0.1, 0.15) is 17.9 Å². The van der Waals surface area contributed by atoms with Crippen molar-refractivity contribution in [2.75, 3.05) is 14.2 Å². The van der Waals surface area contributed by atoms with Gasteiger partial charge in [0.15, 0.2) is 11.5 Å². The van der Waals surface area contributed by atoms with Gasteiger partial charge in [-0.2, -0.15) is 4.98 Å². The lowest BCUT2D eigenvalue weighted by atomic mass is 10.2. The fraction of sp³-hybridized carbons (Fsp3) is 0.250. The molecule has 0 fully saturated rings. The highest BCUT2D eigenvalue weighted by molar-refractivity contribution is 6.30. The van der Waals surface area contributed by atoms with Crippen LogP contribution >= 0.6 is 11.6 Å². The zero-order chi connectivity index (χ0) is 19.9. The molecule has 0 bridgehead atoms. The van der Waals surface area contributed by atoms with Gasteiger partial charge in [-0.25, -0.2) is 0 Å². The molecule has 0 atom stereocenters. The fourth-order valence-corrected chi connectivity index (χ4v) is 2.69. The van der Waals surface area contributed by atoms with Crippen molar-refractivity contribution in [3.05, 3.63) is 58.9 Å². The third-order valence-corrected chi connectivity index (χ3v) is 4.33. The summed E-state index contributed by atoms with van der Waals surface area (Å²) in [5, 5.41) is 7.49. The standard InChI is InChI=1S/C20H20ClN3O4/c1-26-16-8-5-14(11-17(16)27-2)20-23-19(28-24-20)10-9-18(25)22-12-13-3-6-15(21)7-4-13/h3-8,11H,9-10,12H2,1-2H3,(H,22,25). The Bertz CT molecular complexity index is 941. The van der Waals surface area contributed by atoms with E-state index < -0.39 is 0 Å². The van der Waals surface area contributed by atoms with Crippen molar-refractivity contribution < 1.29 is 18.8 Å². The van der Waals surface area contributed by atoms with E-state index in [0.717, 1.165) is 11.1 Å². The van der Waals surface area contributed by atoms with Crippen LogP contribution in [0, 0.1) is 0 Å². The van der Waals surface area contributed by atoms with Gasteiger partial charge in [0.05, 0.1) is 14.2 Å². The maximum absolute atomic E-state index is 12.0. The number of aryl methyl sites for hydroxylation is 1. The number of hydrogen-bond acceptors (Lipinski definition) is 6. The Hall–Kier alpha value is -3.06. The van der Waals surface area contributed by atoms with Gasteiger partial charge < -0.3 is 19.3 Å². The number of amides is 1. The van der Waals surface area contributed by atoms with E-state index in [2.05, 4.69) is 15.5 Å². The summed E-state index contributed by atoms with van der Waals surface area (Å²) in [5.41, 5.74) is 1.71. The van der Waals surface area contributed by atoms with Crippen molar-refractivity contribution in [3.63, 3.8) is 0 Å². The van der Waals surface area contributed by atoms with Gasteiger partial charge in [0, 0.05) is 30.0 Å². The molecule has 146 valence electrons. The highest BCUT2D eigenvalue weighted by Gasteiger charge is 2.13. The van der Waals surface area contributed by atoms with Crippen LogP contribution in [0.25, 0.3) is 11.4 Å². The normalized spacial score (nSPS) is 10.5. The average molecular weight is 402 g/mol. The van der Waals surface area contributed by atoms with E-state index in [1.54, 1.807) is 38.5 Å². The number of benzene rings is 2. The Balaban J connectivity index is 1.54. The van der Waals surface area contributed by atoms with Crippen molar-refractivity contribution >= 4 is 17.5 Å². The Kier molecular flexibility index (Phi) is 6.49. The van der Waals surface area contributed by atoms with Gasteiger partial charge >= 0.3 is 0 Å². The summed E-state index contributed by atoms with van der Waals surface area (Å²) >= 11 is 5.85. The van der Waals surface area contributed by atoms with Crippen LogP contribution in [0.2, 0.25) is 5.02 Å². The number of hydrogen-bond donors (Lipinski definition) is 1. The lowest BCUT2D eigenvalue weighted by molar-refractivity contribution is -0.121. The minimum Gasteiger partial charge on any atom is -0.493 e. The zero-order valence-electron chi connectivity index (χ0n) is 15.6. The molecule has 2 aromatic carbocycles. The molecule has 7 nitrogen and oxygen atoms in total. The van der Waals surface area contributed by atoms with Gasteiger partial charge in [-0.05, 0) is 35.9 Å². The molecule has 8 heteroatoms. The van der Waals surface area contributed by atoms with E-state index in [0.29, 0.717) is 41.2 Å². The predicted molar refractivity (Wildman–Crippen MR) is 104 cm³/mol. The highest BCUT2D eigenvalue weighted by atomic mass is 35.5. The Morgan fingerprint density at radius 3 is 2.57 bits per heavy atom. The van der Waals surface area contributed by atoms with Crippen LogP contribution in [0.15, 0.2) is 47.0 Å². The summed E-state index contributed by atoms with van der Waals surface area (Å²) in [6.45, 7) is 0.441. The first kappa shape index (κ1) is 19.7. The summed E-state index contributed by atoms with van der Waals surface area (Å²) in [6, 6.07) is 12.7. The lowest BCUT2D eigenvalue weighted by Gasteiger charge is -2.07. The summed E-state index contributed by atoms with van der Waals surface area (Å²) in [7, 11) is 3.13. The molecular weight excluding hydrogens is 382 g/mol. The van der Waals surface area contributed by atoms with Crippen LogP contribution in [-0.2, 0) is 17.8 Å². The molecule has 0 unspecified atom stereocenters. The third-order valence-electron chi connectivity index (χ3n) is 4.08. The number of halogens is 1. The second-order valence-electron chi connectivity index (χ2n) is 5.98. The molecule has 0 aliphatic heterocycles. The average Bonchev–Trinajstić information content (AvgIpc) is 3.20. The minimum atomic E-state index is -0.0965. The smallest absolute Gasteiger partial charge is 0.227 e. The summed E-state index contributed by atoms with van der Waals surface area (Å²) in [5.74, 6) is 1.92. The molecule has 3 rings (SSSR count). The number of carbonyl (C=O) groups is 1. The fourth-order valence-electron chi connectivity index (χ4n) is 2.56. The number of nitrogens with one attached hydrogen (secondary N) is 1. The quantitative estimate of drug-likeness (QED) is 0.620. The van der Waals surface area contributed by atoms with Crippen LogP contribution in [0.3, 0.4) is 0 Å². The van der Waals surface area contributed by atoms with E-state index in [4.69, 9.17) is 25.6 Å². The number of methoxy groups -OCH3 is 2. The molecular formula is C20H20ClN3O4. The highest BCUT2D eigenvalue weighted by Crippen LogP contribution is 2.31. The van der Waals surface area contributed by atoms with Crippen molar-refractivity contribution in [3.8, 4) is 22.9 Å². The Labute approximate surface area is 167 Å². The molecule has 0 aliphatic rings. The van der Waals surface area contributed by atoms with Gasteiger partial charge in [0.1, 0.15) is 0 Å². The van der Waals surface area contributed by atoms with Crippen LogP contribution in [0.4, 0.5) is 0 Å². The second kappa shape index (κ2) is 9.23. The van der Waals surface area contributed by atoms with E-state index in [-0.39, 0.29) is 12.3 Å². The summed E-state index contributed by atoms with van der Waals surface area (Å²) in [6.07, 6.45) is 0.605. The Morgan fingerprint density at radius 1 is 1.11 bits per heavy atom. The van der Waals surface area contributed by atoms with Gasteiger partial charge in [0.2, 0.25) is 17.6 Å². The first-order valence-electron chi connectivity index (χ1n) is 8.65. The molecule has 3 aromatic rings. The summed E-state index contributed by atoms with van der Waals surface area (Å²) in [4.78, 5) is 16.4. The Morgan fingerprint density at radius 2 is 1.86 bits per heavy atom. The maximum Gasteiger partial charge on any atom is 0.227 e. The SMILES string of the molecule is COc1ccc(-c2noc(CCC(=O)NCc3ccc(Cl)cc3)n2)cc1OC.